The quantitative estimate of drug-likeness (QED) is 0.468. The van der Waals surface area contributed by atoms with E-state index < -0.39 is 29.6 Å². The zero-order valence-corrected chi connectivity index (χ0v) is 19.4. The largest absolute Gasteiger partial charge is 0.458 e. The Balaban J connectivity index is 2.01. The fraction of sp³-hybridized carbons (Fsp3) is 0.520. The Kier molecular flexibility index (Phi) is 8.75. The lowest BCUT2D eigenvalue weighted by Gasteiger charge is -2.29. The molecule has 7 nitrogen and oxygen atoms in total. The van der Waals surface area contributed by atoms with E-state index in [-0.39, 0.29) is 30.4 Å². The summed E-state index contributed by atoms with van der Waals surface area (Å²) in [6, 6.07) is 7.24. The molecular weight excluding hydrogens is 408 g/mol. The number of nitrogens with one attached hydrogen (secondary N) is 1. The van der Waals surface area contributed by atoms with E-state index in [1.807, 2.05) is 0 Å². The van der Waals surface area contributed by atoms with Crippen LogP contribution in [0.3, 0.4) is 0 Å². The molecule has 1 aromatic carbocycles. The van der Waals surface area contributed by atoms with E-state index >= 15 is 0 Å². The van der Waals surface area contributed by atoms with Crippen LogP contribution in [-0.4, -0.2) is 52.7 Å². The number of carbonyl (C=O) groups is 4. The fourth-order valence-electron chi connectivity index (χ4n) is 3.73. The Morgan fingerprint density at radius 3 is 2.47 bits per heavy atom. The van der Waals surface area contributed by atoms with Crippen LogP contribution in [0.15, 0.2) is 43.0 Å². The van der Waals surface area contributed by atoms with Crippen molar-refractivity contribution >= 4 is 23.6 Å². The number of Topliss-reactive ketones (excluding diaryl/α,β-unsaturated/α-hetero) is 1. The highest BCUT2D eigenvalue weighted by molar-refractivity contribution is 5.99. The molecule has 1 aliphatic heterocycles. The molecular formula is C25H34N2O5. The third-order valence-electron chi connectivity index (χ3n) is 5.28. The molecule has 0 spiro atoms. The molecule has 32 heavy (non-hydrogen) atoms. The number of hydrogen-bond acceptors (Lipinski definition) is 5. The molecule has 0 saturated carbocycles. The molecule has 2 amide bonds. The topological polar surface area (TPSA) is 92.8 Å². The highest BCUT2D eigenvalue weighted by Gasteiger charge is 2.39. The van der Waals surface area contributed by atoms with Crippen LogP contribution in [0.25, 0.3) is 0 Å². The molecule has 0 aromatic heterocycles. The van der Waals surface area contributed by atoms with E-state index in [1.165, 1.54) is 4.90 Å². The number of amides is 2. The van der Waals surface area contributed by atoms with Crippen LogP contribution in [0.5, 0.6) is 0 Å². The van der Waals surface area contributed by atoms with Crippen LogP contribution in [0.1, 0.15) is 63.7 Å². The van der Waals surface area contributed by atoms with Crippen molar-refractivity contribution in [2.45, 2.75) is 71.1 Å². The van der Waals surface area contributed by atoms with Crippen molar-refractivity contribution in [3.63, 3.8) is 0 Å². The van der Waals surface area contributed by atoms with Crippen molar-refractivity contribution in [1.29, 1.82) is 0 Å². The number of rotatable bonds is 9. The lowest BCUT2D eigenvalue weighted by Crippen LogP contribution is -2.46. The zero-order chi connectivity index (χ0) is 23.9. The minimum absolute atomic E-state index is 0.0377. The van der Waals surface area contributed by atoms with Crippen molar-refractivity contribution < 1.29 is 23.9 Å². The summed E-state index contributed by atoms with van der Waals surface area (Å²) in [5, 5.41) is 2.74. The zero-order valence-electron chi connectivity index (χ0n) is 19.4. The minimum Gasteiger partial charge on any atom is -0.458 e. The summed E-state index contributed by atoms with van der Waals surface area (Å²) in [7, 11) is 0. The maximum absolute atomic E-state index is 13.0. The van der Waals surface area contributed by atoms with Gasteiger partial charge in [-0.25, -0.2) is 4.79 Å². The first kappa shape index (κ1) is 25.3. The van der Waals surface area contributed by atoms with E-state index in [1.54, 1.807) is 64.1 Å². The average molecular weight is 443 g/mol. The third kappa shape index (κ3) is 7.04. The molecule has 0 unspecified atom stereocenters. The maximum Gasteiger partial charge on any atom is 0.329 e. The first-order valence-corrected chi connectivity index (χ1v) is 11.1. The predicted octanol–water partition coefficient (Wildman–Crippen LogP) is 3.29. The summed E-state index contributed by atoms with van der Waals surface area (Å²) in [6.07, 6.45) is 3.06. The summed E-state index contributed by atoms with van der Waals surface area (Å²) in [6.45, 7) is 11.2. The van der Waals surface area contributed by atoms with Gasteiger partial charge in [0.2, 0.25) is 5.91 Å². The van der Waals surface area contributed by atoms with Crippen molar-refractivity contribution in [2.75, 3.05) is 6.54 Å². The van der Waals surface area contributed by atoms with Gasteiger partial charge < -0.3 is 15.0 Å². The second-order valence-corrected chi connectivity index (χ2v) is 9.21. The van der Waals surface area contributed by atoms with Gasteiger partial charge >= 0.3 is 5.97 Å². The van der Waals surface area contributed by atoms with Gasteiger partial charge in [-0.15, -0.1) is 6.58 Å². The van der Waals surface area contributed by atoms with E-state index in [0.29, 0.717) is 24.9 Å². The van der Waals surface area contributed by atoms with Crippen LogP contribution in [0.2, 0.25) is 0 Å². The first-order chi connectivity index (χ1) is 15.0. The van der Waals surface area contributed by atoms with Crippen LogP contribution >= 0.6 is 0 Å². The number of ether oxygens (including phenoxy) is 1. The van der Waals surface area contributed by atoms with Gasteiger partial charge in [0.1, 0.15) is 11.6 Å². The van der Waals surface area contributed by atoms with Gasteiger partial charge in [0, 0.05) is 24.4 Å². The summed E-state index contributed by atoms with van der Waals surface area (Å²) < 4.78 is 5.46. The van der Waals surface area contributed by atoms with E-state index in [0.717, 1.165) is 0 Å². The smallest absolute Gasteiger partial charge is 0.329 e. The predicted molar refractivity (Wildman–Crippen MR) is 122 cm³/mol. The molecule has 1 heterocycles. The standard InChI is InChI=1S/C25H34N2O5/c1-6-11-19(26-22(29)18-12-8-7-9-13-18)21(28)16-17(2)23(30)27-15-10-14-20(27)24(31)32-25(3,4)5/h6-9,12-13,17,19-20H,1,10-11,14-16H2,2-5H3,(H,26,29)/t17-,19+,20-/m0/s1. The Morgan fingerprint density at radius 2 is 1.88 bits per heavy atom. The number of hydrogen-bond donors (Lipinski definition) is 1. The lowest BCUT2D eigenvalue weighted by molar-refractivity contribution is -0.163. The summed E-state index contributed by atoms with van der Waals surface area (Å²) in [5.74, 6) is -1.89. The Labute approximate surface area is 190 Å². The second kappa shape index (κ2) is 11.1. The molecule has 0 radical (unpaired) electrons. The van der Waals surface area contributed by atoms with Crippen LogP contribution in [0.4, 0.5) is 0 Å². The van der Waals surface area contributed by atoms with Gasteiger partial charge in [0.15, 0.2) is 5.78 Å². The number of esters is 1. The maximum atomic E-state index is 13.0. The molecule has 3 atom stereocenters. The highest BCUT2D eigenvalue weighted by atomic mass is 16.6. The molecule has 0 bridgehead atoms. The van der Waals surface area contributed by atoms with Gasteiger partial charge in [-0.1, -0.05) is 31.2 Å². The summed E-state index contributed by atoms with van der Waals surface area (Å²) in [5.41, 5.74) is -0.180. The van der Waals surface area contributed by atoms with E-state index in [4.69, 9.17) is 4.74 Å². The van der Waals surface area contributed by atoms with Crippen molar-refractivity contribution in [1.82, 2.24) is 10.2 Å². The molecule has 1 saturated heterocycles. The molecule has 7 heteroatoms. The Bertz CT molecular complexity index is 844. The van der Waals surface area contributed by atoms with Crippen LogP contribution in [-0.2, 0) is 19.1 Å². The van der Waals surface area contributed by atoms with Gasteiger partial charge in [-0.3, -0.25) is 14.4 Å². The Hall–Kier alpha value is -2.96. The number of nitrogens with zero attached hydrogens (tertiary/aromatic N) is 1. The number of carbonyl (C=O) groups excluding carboxylic acids is 4. The van der Waals surface area contributed by atoms with Crippen LogP contribution < -0.4 is 5.32 Å². The van der Waals surface area contributed by atoms with Crippen molar-refractivity contribution in [2.24, 2.45) is 5.92 Å². The van der Waals surface area contributed by atoms with Gasteiger partial charge in [0.25, 0.3) is 5.91 Å². The SMILES string of the molecule is C=CC[C@@H](NC(=O)c1ccccc1)C(=O)C[C@H](C)C(=O)N1CCC[C@H]1C(=O)OC(C)(C)C. The molecule has 1 aromatic rings. The number of benzene rings is 1. The summed E-state index contributed by atoms with van der Waals surface area (Å²) >= 11 is 0. The lowest BCUT2D eigenvalue weighted by atomic mass is 9.96. The number of likely N-dealkylation sites (tertiary alicyclic amines) is 1. The molecule has 174 valence electrons. The first-order valence-electron chi connectivity index (χ1n) is 11.1. The van der Waals surface area contributed by atoms with Crippen LogP contribution in [0, 0.1) is 5.92 Å². The van der Waals surface area contributed by atoms with E-state index in [2.05, 4.69) is 11.9 Å². The van der Waals surface area contributed by atoms with Gasteiger partial charge in [0.05, 0.1) is 6.04 Å². The second-order valence-electron chi connectivity index (χ2n) is 9.21. The molecule has 1 N–H and O–H groups in total. The van der Waals surface area contributed by atoms with Gasteiger partial charge in [-0.2, -0.15) is 0 Å². The van der Waals surface area contributed by atoms with Gasteiger partial charge in [-0.05, 0) is 52.2 Å². The fourth-order valence-corrected chi connectivity index (χ4v) is 3.73. The highest BCUT2D eigenvalue weighted by Crippen LogP contribution is 2.24. The molecule has 1 fully saturated rings. The van der Waals surface area contributed by atoms with Crippen molar-refractivity contribution in [3.8, 4) is 0 Å². The third-order valence-corrected chi connectivity index (χ3v) is 5.28. The minimum atomic E-state index is -0.768. The Morgan fingerprint density at radius 1 is 1.22 bits per heavy atom. The summed E-state index contributed by atoms with van der Waals surface area (Å²) in [4.78, 5) is 52.5. The number of ketones is 1. The normalized spacial score (nSPS) is 17.9. The molecule has 1 aliphatic rings. The molecule has 2 rings (SSSR count). The monoisotopic (exact) mass is 442 g/mol. The van der Waals surface area contributed by atoms with E-state index in [9.17, 15) is 19.2 Å². The molecule has 0 aliphatic carbocycles. The van der Waals surface area contributed by atoms with Crippen molar-refractivity contribution in [3.05, 3.63) is 48.6 Å². The average Bonchev–Trinajstić information content (AvgIpc) is 3.22.